The van der Waals surface area contributed by atoms with E-state index in [9.17, 15) is 17.6 Å². The van der Waals surface area contributed by atoms with E-state index in [2.05, 4.69) is 10.0 Å². The zero-order valence-corrected chi connectivity index (χ0v) is 16.7. The normalized spacial score (nSPS) is 18.9. The zero-order chi connectivity index (χ0) is 19.4. The third kappa shape index (κ3) is 5.01. The summed E-state index contributed by atoms with van der Waals surface area (Å²) in [6.45, 7) is 0.532. The number of carbonyl (C=O) groups is 1. The molecule has 2 aromatic rings. The van der Waals surface area contributed by atoms with Gasteiger partial charge in [-0.15, -0.1) is 12.4 Å². The van der Waals surface area contributed by atoms with E-state index < -0.39 is 15.8 Å². The van der Waals surface area contributed by atoms with Crippen LogP contribution in [0.25, 0.3) is 0 Å². The standard InChI is InChI=1S/C19H22FN3O3S.ClH/c20-16-5-1-2-6-18(16)23-27(25,26)15-10-8-13(9-11-15)19(24)22-17-7-3-4-14(17)12-21;/h1-2,5-6,8-11,14,17,23H,3-4,7,12,21H2,(H,22,24);1H. The van der Waals surface area contributed by atoms with Crippen molar-refractivity contribution in [2.75, 3.05) is 11.3 Å². The highest BCUT2D eigenvalue weighted by Crippen LogP contribution is 2.25. The lowest BCUT2D eigenvalue weighted by Gasteiger charge is -2.19. The van der Waals surface area contributed by atoms with E-state index in [0.717, 1.165) is 19.3 Å². The monoisotopic (exact) mass is 427 g/mol. The zero-order valence-electron chi connectivity index (χ0n) is 15.1. The van der Waals surface area contributed by atoms with Gasteiger partial charge in [0, 0.05) is 11.6 Å². The van der Waals surface area contributed by atoms with Crippen LogP contribution in [-0.2, 0) is 10.0 Å². The number of amides is 1. The third-order valence-corrected chi connectivity index (χ3v) is 6.20. The number of nitrogens with one attached hydrogen (secondary N) is 2. The predicted molar refractivity (Wildman–Crippen MR) is 109 cm³/mol. The van der Waals surface area contributed by atoms with E-state index >= 15 is 0 Å². The first-order chi connectivity index (χ1) is 12.9. The van der Waals surface area contributed by atoms with Crippen LogP contribution in [-0.4, -0.2) is 26.9 Å². The highest BCUT2D eigenvalue weighted by molar-refractivity contribution is 7.92. The van der Waals surface area contributed by atoms with Crippen molar-refractivity contribution >= 4 is 34.0 Å². The van der Waals surface area contributed by atoms with Gasteiger partial charge in [-0.2, -0.15) is 0 Å². The Bertz CT molecular complexity index is 922. The average Bonchev–Trinajstić information content (AvgIpc) is 3.10. The Morgan fingerprint density at radius 2 is 1.79 bits per heavy atom. The molecule has 4 N–H and O–H groups in total. The van der Waals surface area contributed by atoms with Crippen LogP contribution < -0.4 is 15.8 Å². The Labute approximate surface area is 170 Å². The fourth-order valence-corrected chi connectivity index (χ4v) is 4.36. The maximum absolute atomic E-state index is 13.7. The summed E-state index contributed by atoms with van der Waals surface area (Å²) in [6.07, 6.45) is 2.93. The largest absolute Gasteiger partial charge is 0.349 e. The number of rotatable bonds is 6. The summed E-state index contributed by atoms with van der Waals surface area (Å²) < 4.78 is 40.7. The molecule has 0 saturated heterocycles. The molecule has 0 heterocycles. The number of para-hydroxylation sites is 1. The van der Waals surface area contributed by atoms with E-state index in [1.165, 1.54) is 48.5 Å². The molecule has 0 bridgehead atoms. The van der Waals surface area contributed by atoms with Crippen molar-refractivity contribution in [1.82, 2.24) is 5.32 Å². The van der Waals surface area contributed by atoms with Gasteiger partial charge in [-0.1, -0.05) is 18.6 Å². The van der Waals surface area contributed by atoms with Crippen molar-refractivity contribution < 1.29 is 17.6 Å². The van der Waals surface area contributed by atoms with Crippen molar-refractivity contribution in [3.8, 4) is 0 Å². The SMILES string of the molecule is Cl.NCC1CCCC1NC(=O)c1ccc(S(=O)(=O)Nc2ccccc2F)cc1. The number of anilines is 1. The summed E-state index contributed by atoms with van der Waals surface area (Å²) in [4.78, 5) is 12.3. The fraction of sp³-hybridized carbons (Fsp3) is 0.316. The number of halogens is 2. The van der Waals surface area contributed by atoms with Crippen LogP contribution >= 0.6 is 12.4 Å². The molecule has 9 heteroatoms. The summed E-state index contributed by atoms with van der Waals surface area (Å²) >= 11 is 0. The molecule has 1 amide bonds. The molecule has 1 aliphatic carbocycles. The predicted octanol–water partition coefficient (Wildman–Crippen LogP) is 2.91. The highest BCUT2D eigenvalue weighted by Gasteiger charge is 2.27. The van der Waals surface area contributed by atoms with E-state index in [1.807, 2.05) is 0 Å². The fourth-order valence-electron chi connectivity index (χ4n) is 3.29. The van der Waals surface area contributed by atoms with Crippen molar-refractivity contribution in [2.45, 2.75) is 30.2 Å². The number of carbonyl (C=O) groups excluding carboxylic acids is 1. The second kappa shape index (κ2) is 9.36. The van der Waals surface area contributed by atoms with Crippen LogP contribution in [0.2, 0.25) is 0 Å². The molecule has 3 rings (SSSR count). The van der Waals surface area contributed by atoms with Crippen molar-refractivity contribution in [3.05, 3.63) is 59.9 Å². The van der Waals surface area contributed by atoms with Crippen molar-refractivity contribution in [3.63, 3.8) is 0 Å². The van der Waals surface area contributed by atoms with Crippen molar-refractivity contribution in [1.29, 1.82) is 0 Å². The molecule has 2 aromatic carbocycles. The molecule has 0 radical (unpaired) electrons. The lowest BCUT2D eigenvalue weighted by atomic mass is 10.0. The third-order valence-electron chi connectivity index (χ3n) is 4.82. The highest BCUT2D eigenvalue weighted by atomic mass is 35.5. The van der Waals surface area contributed by atoms with Gasteiger partial charge < -0.3 is 11.1 Å². The minimum atomic E-state index is -3.95. The minimum absolute atomic E-state index is 0. The molecule has 0 aromatic heterocycles. The average molecular weight is 428 g/mol. The van der Waals surface area contributed by atoms with Crippen LogP contribution in [0.15, 0.2) is 53.4 Å². The van der Waals surface area contributed by atoms with Crippen molar-refractivity contribution in [2.24, 2.45) is 11.7 Å². The number of hydrogen-bond donors (Lipinski definition) is 3. The van der Waals surface area contributed by atoms with E-state index in [-0.39, 0.29) is 40.9 Å². The summed E-state index contributed by atoms with van der Waals surface area (Å²) in [6, 6.07) is 11.1. The van der Waals surface area contributed by atoms with Crippen LogP contribution in [0.1, 0.15) is 29.6 Å². The lowest BCUT2D eigenvalue weighted by Crippen LogP contribution is -2.39. The Morgan fingerprint density at radius 3 is 2.43 bits per heavy atom. The topological polar surface area (TPSA) is 101 Å². The molecular formula is C19H23ClFN3O3S. The van der Waals surface area contributed by atoms with Gasteiger partial charge in [0.15, 0.2) is 0 Å². The number of nitrogens with two attached hydrogens (primary N) is 1. The van der Waals surface area contributed by atoms with Gasteiger partial charge in [0.25, 0.3) is 15.9 Å². The van der Waals surface area contributed by atoms with Gasteiger partial charge in [0.05, 0.1) is 10.6 Å². The quantitative estimate of drug-likeness (QED) is 0.659. The van der Waals surface area contributed by atoms with Gasteiger partial charge in [-0.25, -0.2) is 12.8 Å². The molecule has 1 saturated carbocycles. The first kappa shape index (κ1) is 22.1. The maximum Gasteiger partial charge on any atom is 0.261 e. The van der Waals surface area contributed by atoms with Gasteiger partial charge in [0.1, 0.15) is 5.82 Å². The lowest BCUT2D eigenvalue weighted by molar-refractivity contribution is 0.0928. The molecule has 2 unspecified atom stereocenters. The van der Waals surface area contributed by atoms with Gasteiger partial charge in [-0.05, 0) is 61.7 Å². The number of sulfonamides is 1. The molecule has 28 heavy (non-hydrogen) atoms. The summed E-state index contributed by atoms with van der Waals surface area (Å²) in [5.74, 6) is -0.645. The smallest absolute Gasteiger partial charge is 0.261 e. The molecule has 152 valence electrons. The second-order valence-electron chi connectivity index (χ2n) is 6.62. The maximum atomic E-state index is 13.7. The van der Waals surface area contributed by atoms with E-state index in [1.54, 1.807) is 0 Å². The minimum Gasteiger partial charge on any atom is -0.349 e. The number of hydrogen-bond acceptors (Lipinski definition) is 4. The molecule has 0 spiro atoms. The first-order valence-corrected chi connectivity index (χ1v) is 10.3. The molecule has 1 fully saturated rings. The van der Waals surface area contributed by atoms with Gasteiger partial charge >= 0.3 is 0 Å². The summed E-state index contributed by atoms with van der Waals surface area (Å²) in [5, 5.41) is 2.97. The van der Waals surface area contributed by atoms with Gasteiger partial charge in [-0.3, -0.25) is 9.52 Å². The van der Waals surface area contributed by atoms with Gasteiger partial charge in [0.2, 0.25) is 0 Å². The molecule has 1 aliphatic rings. The second-order valence-corrected chi connectivity index (χ2v) is 8.30. The Morgan fingerprint density at radius 1 is 1.11 bits per heavy atom. The Hall–Kier alpha value is -2.16. The van der Waals surface area contributed by atoms with Crippen LogP contribution in [0.3, 0.4) is 0 Å². The number of benzene rings is 2. The van der Waals surface area contributed by atoms with Crippen LogP contribution in [0.5, 0.6) is 0 Å². The summed E-state index contributed by atoms with van der Waals surface area (Å²) in [5.41, 5.74) is 5.96. The molecule has 2 atom stereocenters. The van der Waals surface area contributed by atoms with Crippen LogP contribution in [0.4, 0.5) is 10.1 Å². The summed E-state index contributed by atoms with van der Waals surface area (Å²) in [7, 11) is -3.95. The Balaban J connectivity index is 0.00000280. The molecule has 0 aliphatic heterocycles. The Kier molecular flexibility index (Phi) is 7.40. The van der Waals surface area contributed by atoms with E-state index in [0.29, 0.717) is 12.1 Å². The first-order valence-electron chi connectivity index (χ1n) is 8.79. The van der Waals surface area contributed by atoms with E-state index in [4.69, 9.17) is 5.73 Å². The molecule has 6 nitrogen and oxygen atoms in total. The van der Waals surface area contributed by atoms with Crippen LogP contribution in [0, 0.1) is 11.7 Å². The molecular weight excluding hydrogens is 405 g/mol.